The summed E-state index contributed by atoms with van der Waals surface area (Å²) in [7, 11) is 7.21. The molecule has 1 aromatic rings. The minimum atomic E-state index is 0. The van der Waals surface area contributed by atoms with E-state index in [-0.39, 0.29) is 24.0 Å². The molecule has 0 aromatic carbocycles. The van der Waals surface area contributed by atoms with Crippen molar-refractivity contribution in [3.05, 3.63) is 23.9 Å². The molecule has 8 heteroatoms. The van der Waals surface area contributed by atoms with E-state index in [2.05, 4.69) is 32.6 Å². The van der Waals surface area contributed by atoms with E-state index in [0.717, 1.165) is 44.3 Å². The molecule has 0 amide bonds. The molecule has 0 spiro atoms. The highest BCUT2D eigenvalue weighted by atomic mass is 127. The van der Waals surface area contributed by atoms with Crippen molar-refractivity contribution in [2.75, 3.05) is 54.6 Å². The average molecular weight is 451 g/mol. The summed E-state index contributed by atoms with van der Waals surface area (Å²) in [4.78, 5) is 10.8. The maximum atomic E-state index is 5.12. The van der Waals surface area contributed by atoms with Crippen LogP contribution in [-0.2, 0) is 11.3 Å². The quantitative estimate of drug-likeness (QED) is 0.242. The zero-order valence-corrected chi connectivity index (χ0v) is 17.4. The van der Waals surface area contributed by atoms with Crippen molar-refractivity contribution in [2.45, 2.75) is 13.0 Å². The topological polar surface area (TPSA) is 71.0 Å². The average Bonchev–Trinajstić information content (AvgIpc) is 2.58. The molecule has 0 atom stereocenters. The van der Waals surface area contributed by atoms with Crippen LogP contribution in [0.3, 0.4) is 0 Å². The van der Waals surface area contributed by atoms with Crippen LogP contribution in [0.4, 0.5) is 0 Å². The minimum absolute atomic E-state index is 0. The third kappa shape index (κ3) is 9.89. The van der Waals surface area contributed by atoms with Crippen molar-refractivity contribution in [3.63, 3.8) is 0 Å². The number of ether oxygens (including phenoxy) is 2. The first kappa shape index (κ1) is 22.9. The van der Waals surface area contributed by atoms with Crippen molar-refractivity contribution in [1.82, 2.24) is 20.5 Å². The van der Waals surface area contributed by atoms with Gasteiger partial charge in [0.25, 0.3) is 0 Å². The fourth-order valence-corrected chi connectivity index (χ4v) is 2.02. The summed E-state index contributed by atoms with van der Waals surface area (Å²) >= 11 is 0. The monoisotopic (exact) mass is 451 g/mol. The van der Waals surface area contributed by atoms with Crippen LogP contribution in [0, 0.1) is 0 Å². The Hall–Kier alpha value is -1.13. The lowest BCUT2D eigenvalue weighted by molar-refractivity contribution is 0.180. The number of likely N-dealkylation sites (N-methyl/N-ethyl adjacent to an activating group) is 1. The fraction of sp³-hybridized carbons (Fsp3) is 0.625. The van der Waals surface area contributed by atoms with Crippen LogP contribution in [0.1, 0.15) is 12.1 Å². The number of pyridine rings is 1. The van der Waals surface area contributed by atoms with Gasteiger partial charge in [0.05, 0.1) is 19.3 Å². The molecule has 138 valence electrons. The normalized spacial score (nSPS) is 11.1. The number of methoxy groups -OCH3 is 2. The van der Waals surface area contributed by atoms with E-state index in [4.69, 9.17) is 9.47 Å². The third-order valence-electron chi connectivity index (χ3n) is 3.33. The number of aliphatic imine (C=N–C) groups is 1. The maximum Gasteiger partial charge on any atom is 0.213 e. The molecule has 1 aromatic heterocycles. The van der Waals surface area contributed by atoms with Gasteiger partial charge in [-0.15, -0.1) is 24.0 Å². The van der Waals surface area contributed by atoms with Crippen LogP contribution in [-0.4, -0.2) is 70.4 Å². The first-order valence-corrected chi connectivity index (χ1v) is 7.81. The summed E-state index contributed by atoms with van der Waals surface area (Å²) in [6, 6.07) is 5.70. The molecular formula is C16H30IN5O2. The second-order valence-corrected chi connectivity index (χ2v) is 5.17. The highest BCUT2D eigenvalue weighted by Crippen LogP contribution is 2.05. The number of aromatic nitrogens is 1. The minimum Gasteiger partial charge on any atom is -0.481 e. The van der Waals surface area contributed by atoms with Crippen molar-refractivity contribution >= 4 is 29.9 Å². The van der Waals surface area contributed by atoms with Crippen molar-refractivity contribution < 1.29 is 9.47 Å². The Morgan fingerprint density at radius 1 is 1.25 bits per heavy atom. The molecule has 2 N–H and O–H groups in total. The molecular weight excluding hydrogens is 421 g/mol. The summed E-state index contributed by atoms with van der Waals surface area (Å²) in [5, 5.41) is 6.54. The molecule has 0 fully saturated rings. The molecule has 0 aliphatic carbocycles. The highest BCUT2D eigenvalue weighted by molar-refractivity contribution is 14.0. The molecule has 1 heterocycles. The molecule has 0 aliphatic heterocycles. The van der Waals surface area contributed by atoms with Gasteiger partial charge in [-0.05, 0) is 19.5 Å². The molecule has 0 bridgehead atoms. The Bertz CT molecular complexity index is 474. The second-order valence-electron chi connectivity index (χ2n) is 5.17. The van der Waals surface area contributed by atoms with Crippen LogP contribution in [0.2, 0.25) is 0 Å². The first-order valence-electron chi connectivity index (χ1n) is 7.81. The number of halogens is 1. The van der Waals surface area contributed by atoms with Gasteiger partial charge in [-0.3, -0.25) is 4.99 Å². The Morgan fingerprint density at radius 2 is 2.04 bits per heavy atom. The van der Waals surface area contributed by atoms with Gasteiger partial charge in [-0.25, -0.2) is 4.98 Å². The lowest BCUT2D eigenvalue weighted by Crippen LogP contribution is -2.40. The van der Waals surface area contributed by atoms with Gasteiger partial charge in [-0.2, -0.15) is 0 Å². The second kappa shape index (κ2) is 14.2. The zero-order valence-electron chi connectivity index (χ0n) is 15.0. The molecule has 0 saturated carbocycles. The van der Waals surface area contributed by atoms with Crippen LogP contribution >= 0.6 is 24.0 Å². The summed E-state index contributed by atoms with van der Waals surface area (Å²) in [5.41, 5.74) is 0.906. The Kier molecular flexibility index (Phi) is 13.6. The van der Waals surface area contributed by atoms with Crippen LogP contribution in [0.25, 0.3) is 0 Å². The largest absolute Gasteiger partial charge is 0.481 e. The molecule has 0 unspecified atom stereocenters. The molecule has 0 aliphatic rings. The molecule has 0 saturated heterocycles. The van der Waals surface area contributed by atoms with Gasteiger partial charge >= 0.3 is 0 Å². The van der Waals surface area contributed by atoms with Crippen LogP contribution < -0.4 is 15.4 Å². The third-order valence-corrected chi connectivity index (χ3v) is 3.33. The van der Waals surface area contributed by atoms with Crippen molar-refractivity contribution in [2.24, 2.45) is 4.99 Å². The van der Waals surface area contributed by atoms with Crippen LogP contribution in [0.5, 0.6) is 5.88 Å². The lowest BCUT2D eigenvalue weighted by Gasteiger charge is -2.18. The van der Waals surface area contributed by atoms with E-state index in [1.807, 2.05) is 18.2 Å². The van der Waals surface area contributed by atoms with Gasteiger partial charge < -0.3 is 25.0 Å². The smallest absolute Gasteiger partial charge is 0.213 e. The highest BCUT2D eigenvalue weighted by Gasteiger charge is 2.02. The fourth-order valence-electron chi connectivity index (χ4n) is 2.02. The Labute approximate surface area is 162 Å². The predicted octanol–water partition coefficient (Wildman–Crippen LogP) is 1.34. The molecule has 7 nitrogen and oxygen atoms in total. The van der Waals surface area contributed by atoms with E-state index in [1.54, 1.807) is 21.3 Å². The standard InChI is InChI=1S/C16H29N5O2.HI/c1-17-16(18-9-11-21(2)10-6-12-22-3)19-13-14-7-5-8-15(20-14)23-4;/h5,7-8H,6,9-13H2,1-4H3,(H2,17,18,19);1H. The molecule has 1 rings (SSSR count). The summed E-state index contributed by atoms with van der Waals surface area (Å²) in [5.74, 6) is 1.38. The van der Waals surface area contributed by atoms with Crippen molar-refractivity contribution in [1.29, 1.82) is 0 Å². The Morgan fingerprint density at radius 3 is 2.71 bits per heavy atom. The van der Waals surface area contributed by atoms with Crippen LogP contribution in [0.15, 0.2) is 23.2 Å². The summed E-state index contributed by atoms with van der Waals surface area (Å²) in [6.45, 7) is 4.20. The Balaban J connectivity index is 0.00000529. The number of rotatable bonds is 10. The van der Waals surface area contributed by atoms with Gasteiger partial charge in [0.15, 0.2) is 5.96 Å². The van der Waals surface area contributed by atoms with Gasteiger partial charge in [0.2, 0.25) is 5.88 Å². The van der Waals surface area contributed by atoms with E-state index in [0.29, 0.717) is 12.4 Å². The zero-order chi connectivity index (χ0) is 16.9. The number of guanidine groups is 1. The van der Waals surface area contributed by atoms with Crippen molar-refractivity contribution in [3.8, 4) is 5.88 Å². The number of nitrogens with one attached hydrogen (secondary N) is 2. The van der Waals surface area contributed by atoms with E-state index >= 15 is 0 Å². The van der Waals surface area contributed by atoms with Gasteiger partial charge in [0.1, 0.15) is 0 Å². The van der Waals surface area contributed by atoms with Gasteiger partial charge in [-0.1, -0.05) is 6.07 Å². The number of nitrogens with zero attached hydrogens (tertiary/aromatic N) is 3. The maximum absolute atomic E-state index is 5.12. The van der Waals surface area contributed by atoms with E-state index < -0.39 is 0 Å². The van der Waals surface area contributed by atoms with Gasteiger partial charge in [0, 0.05) is 46.5 Å². The molecule has 0 radical (unpaired) electrons. The predicted molar refractivity (Wildman–Crippen MR) is 108 cm³/mol. The first-order chi connectivity index (χ1) is 11.2. The number of hydrogen-bond acceptors (Lipinski definition) is 5. The number of hydrogen-bond donors (Lipinski definition) is 2. The molecule has 24 heavy (non-hydrogen) atoms. The van der Waals surface area contributed by atoms with E-state index in [1.165, 1.54) is 0 Å². The summed E-state index contributed by atoms with van der Waals surface area (Å²) in [6.07, 6.45) is 1.04. The lowest BCUT2D eigenvalue weighted by atomic mass is 10.3. The van der Waals surface area contributed by atoms with E-state index in [9.17, 15) is 0 Å². The SMILES string of the molecule is CN=C(NCCN(C)CCCOC)NCc1cccc(OC)n1.I. The summed E-state index contributed by atoms with van der Waals surface area (Å²) < 4.78 is 10.2.